The summed E-state index contributed by atoms with van der Waals surface area (Å²) in [5.41, 5.74) is 5.93. The van der Waals surface area contributed by atoms with E-state index in [1.807, 2.05) is 23.2 Å². The highest BCUT2D eigenvalue weighted by Crippen LogP contribution is 2.29. The second-order valence-corrected chi connectivity index (χ2v) is 6.50. The molecule has 2 atom stereocenters. The van der Waals surface area contributed by atoms with Gasteiger partial charge in [0.15, 0.2) is 0 Å². The number of hydrogen-bond acceptors (Lipinski definition) is 6. The topological polar surface area (TPSA) is 61.0 Å². The molecular weight excluding hydrogens is 266 g/mol. The van der Waals surface area contributed by atoms with E-state index in [4.69, 9.17) is 10.5 Å². The van der Waals surface area contributed by atoms with Crippen LogP contribution in [0.2, 0.25) is 0 Å². The Morgan fingerprint density at radius 2 is 2.44 bits per heavy atom. The minimum absolute atomic E-state index is 0.331. The fourth-order valence-electron chi connectivity index (χ4n) is 2.10. The zero-order valence-electron chi connectivity index (χ0n) is 10.1. The predicted octanol–water partition coefficient (Wildman–Crippen LogP) is 2.68. The molecule has 18 heavy (non-hydrogen) atoms. The largest absolute Gasteiger partial charge is 0.383 e. The highest BCUT2D eigenvalue weighted by Gasteiger charge is 2.24. The lowest BCUT2D eigenvalue weighted by molar-refractivity contribution is 0.127. The first kappa shape index (κ1) is 12.2. The zero-order chi connectivity index (χ0) is 12.5. The molecule has 2 aromatic heterocycles. The van der Waals surface area contributed by atoms with E-state index >= 15 is 0 Å². The molecule has 3 heterocycles. The van der Waals surface area contributed by atoms with E-state index in [-0.39, 0.29) is 0 Å². The van der Waals surface area contributed by atoms with E-state index in [1.54, 1.807) is 11.3 Å². The highest BCUT2D eigenvalue weighted by molar-refractivity contribution is 7.99. The van der Waals surface area contributed by atoms with Gasteiger partial charge in [-0.05, 0) is 24.8 Å². The Labute approximate surface area is 114 Å². The second kappa shape index (κ2) is 5.03. The molecule has 2 unspecified atom stereocenters. The summed E-state index contributed by atoms with van der Waals surface area (Å²) in [4.78, 5) is 9.90. The van der Waals surface area contributed by atoms with E-state index < -0.39 is 0 Å². The number of thiophene rings is 1. The zero-order valence-corrected chi connectivity index (χ0v) is 11.8. The number of thioether (sulfide) groups is 1. The number of rotatable bonds is 3. The molecule has 0 bridgehead atoms. The van der Waals surface area contributed by atoms with Crippen LogP contribution in [0.5, 0.6) is 0 Å². The van der Waals surface area contributed by atoms with E-state index in [0.717, 1.165) is 34.8 Å². The molecule has 1 saturated heterocycles. The highest BCUT2D eigenvalue weighted by atomic mass is 32.2. The van der Waals surface area contributed by atoms with Crippen LogP contribution in [-0.4, -0.2) is 27.9 Å². The van der Waals surface area contributed by atoms with Gasteiger partial charge in [0.05, 0.1) is 17.2 Å². The van der Waals surface area contributed by atoms with Gasteiger partial charge in [0.25, 0.3) is 0 Å². The van der Waals surface area contributed by atoms with Gasteiger partial charge in [0, 0.05) is 11.9 Å². The van der Waals surface area contributed by atoms with Gasteiger partial charge in [-0.15, -0.1) is 23.1 Å². The molecule has 3 rings (SSSR count). The molecule has 0 aliphatic carbocycles. The smallest absolute Gasteiger partial charge is 0.142 e. The van der Waals surface area contributed by atoms with Crippen molar-refractivity contribution in [3.05, 3.63) is 17.3 Å². The normalized spacial score (nSPS) is 23.8. The number of hydrogen-bond donors (Lipinski definition) is 1. The number of nitrogens with two attached hydrogens (primary N) is 1. The van der Waals surface area contributed by atoms with Crippen molar-refractivity contribution in [3.8, 4) is 0 Å². The average molecular weight is 281 g/mol. The first-order valence-electron chi connectivity index (χ1n) is 5.97. The Morgan fingerprint density at radius 3 is 3.22 bits per heavy atom. The number of nitrogen functional groups attached to an aromatic ring is 1. The number of ether oxygens (including phenoxy) is 1. The monoisotopic (exact) mass is 281 g/mol. The Hall–Kier alpha value is -0.850. The summed E-state index contributed by atoms with van der Waals surface area (Å²) in [7, 11) is 0. The molecule has 0 spiro atoms. The van der Waals surface area contributed by atoms with Crippen LogP contribution in [0, 0.1) is 0 Å². The SMILES string of the molecule is CC1OCCC1SCc1nc(N)c2ccsc2n1. The van der Waals surface area contributed by atoms with Gasteiger partial charge in [-0.3, -0.25) is 0 Å². The van der Waals surface area contributed by atoms with Crippen molar-refractivity contribution < 1.29 is 4.74 Å². The summed E-state index contributed by atoms with van der Waals surface area (Å²) in [6.45, 7) is 2.99. The third kappa shape index (κ3) is 2.32. The summed E-state index contributed by atoms with van der Waals surface area (Å²) in [5.74, 6) is 2.22. The summed E-state index contributed by atoms with van der Waals surface area (Å²) in [6.07, 6.45) is 1.44. The van der Waals surface area contributed by atoms with E-state index in [1.165, 1.54) is 0 Å². The lowest BCUT2D eigenvalue weighted by atomic mass is 10.3. The molecule has 0 saturated carbocycles. The number of nitrogens with zero attached hydrogens (tertiary/aromatic N) is 2. The summed E-state index contributed by atoms with van der Waals surface area (Å²) in [6, 6.07) is 1.97. The van der Waals surface area contributed by atoms with Crippen LogP contribution < -0.4 is 5.73 Å². The molecule has 0 aromatic carbocycles. The van der Waals surface area contributed by atoms with Crippen molar-refractivity contribution in [2.45, 2.75) is 30.5 Å². The van der Waals surface area contributed by atoms with Crippen LogP contribution in [0.4, 0.5) is 5.82 Å². The van der Waals surface area contributed by atoms with E-state index in [2.05, 4.69) is 16.9 Å². The van der Waals surface area contributed by atoms with Crippen molar-refractivity contribution in [1.82, 2.24) is 9.97 Å². The fraction of sp³-hybridized carbons (Fsp3) is 0.500. The fourth-order valence-corrected chi connectivity index (χ4v) is 4.00. The lowest BCUT2D eigenvalue weighted by Gasteiger charge is -2.12. The van der Waals surface area contributed by atoms with Gasteiger partial charge in [0.2, 0.25) is 0 Å². The van der Waals surface area contributed by atoms with Crippen LogP contribution in [0.1, 0.15) is 19.2 Å². The van der Waals surface area contributed by atoms with Gasteiger partial charge in [0.1, 0.15) is 16.5 Å². The maximum atomic E-state index is 5.93. The Morgan fingerprint density at radius 1 is 1.56 bits per heavy atom. The van der Waals surface area contributed by atoms with Gasteiger partial charge in [-0.1, -0.05) is 0 Å². The molecule has 0 amide bonds. The minimum atomic E-state index is 0.331. The third-order valence-corrected chi connectivity index (χ3v) is 5.41. The Bertz CT molecular complexity index is 557. The van der Waals surface area contributed by atoms with Crippen LogP contribution in [0.25, 0.3) is 10.2 Å². The van der Waals surface area contributed by atoms with Crippen molar-refractivity contribution in [3.63, 3.8) is 0 Å². The molecule has 2 aromatic rings. The summed E-state index contributed by atoms with van der Waals surface area (Å²) < 4.78 is 5.55. The van der Waals surface area contributed by atoms with Crippen LogP contribution in [0.3, 0.4) is 0 Å². The van der Waals surface area contributed by atoms with Crippen LogP contribution in [-0.2, 0) is 10.5 Å². The van der Waals surface area contributed by atoms with Gasteiger partial charge in [-0.2, -0.15) is 0 Å². The predicted molar refractivity (Wildman–Crippen MR) is 76.9 cm³/mol. The molecule has 6 heteroatoms. The van der Waals surface area contributed by atoms with Gasteiger partial charge in [-0.25, -0.2) is 9.97 Å². The number of fused-ring (bicyclic) bond motifs is 1. The molecule has 4 nitrogen and oxygen atoms in total. The van der Waals surface area contributed by atoms with E-state index in [0.29, 0.717) is 17.2 Å². The van der Waals surface area contributed by atoms with Gasteiger partial charge < -0.3 is 10.5 Å². The second-order valence-electron chi connectivity index (χ2n) is 4.38. The maximum Gasteiger partial charge on any atom is 0.142 e. The van der Waals surface area contributed by atoms with E-state index in [9.17, 15) is 0 Å². The standard InChI is InChI=1S/C12H15N3OS2/c1-7-9(2-4-16-7)18-6-10-14-11(13)8-3-5-17-12(8)15-10/h3,5,7,9H,2,4,6H2,1H3,(H2,13,14,15). The molecule has 2 N–H and O–H groups in total. The molecule has 0 radical (unpaired) electrons. The summed E-state index contributed by atoms with van der Waals surface area (Å²) in [5, 5.41) is 3.51. The molecule has 1 aliphatic rings. The van der Waals surface area contributed by atoms with Crippen molar-refractivity contribution in [1.29, 1.82) is 0 Å². The third-order valence-electron chi connectivity index (χ3n) is 3.13. The average Bonchev–Trinajstić information content (AvgIpc) is 2.95. The van der Waals surface area contributed by atoms with Crippen LogP contribution in [0.15, 0.2) is 11.4 Å². The minimum Gasteiger partial charge on any atom is -0.383 e. The number of anilines is 1. The molecule has 1 fully saturated rings. The summed E-state index contributed by atoms with van der Waals surface area (Å²) >= 11 is 3.47. The van der Waals surface area contributed by atoms with Gasteiger partial charge >= 0.3 is 0 Å². The first-order valence-corrected chi connectivity index (χ1v) is 7.89. The van der Waals surface area contributed by atoms with Crippen molar-refractivity contribution in [2.24, 2.45) is 0 Å². The lowest BCUT2D eigenvalue weighted by Crippen LogP contribution is -2.14. The van der Waals surface area contributed by atoms with Crippen LogP contribution >= 0.6 is 23.1 Å². The van der Waals surface area contributed by atoms with Crippen molar-refractivity contribution in [2.75, 3.05) is 12.3 Å². The quantitative estimate of drug-likeness (QED) is 0.937. The molecule has 1 aliphatic heterocycles. The van der Waals surface area contributed by atoms with Crippen molar-refractivity contribution >= 4 is 39.1 Å². The molecule has 96 valence electrons. The first-order chi connectivity index (χ1) is 8.74. The Kier molecular flexibility index (Phi) is 3.41. The maximum absolute atomic E-state index is 5.93. The number of aromatic nitrogens is 2. The molecular formula is C12H15N3OS2. The Balaban J connectivity index is 1.74.